The predicted octanol–water partition coefficient (Wildman–Crippen LogP) is 2.34. The molecule has 6 nitrogen and oxygen atoms in total. The summed E-state index contributed by atoms with van der Waals surface area (Å²) in [5.74, 6) is -0.393. The van der Waals surface area contributed by atoms with Gasteiger partial charge in [-0.05, 0) is 32.2 Å². The highest BCUT2D eigenvalue weighted by Crippen LogP contribution is 2.28. The number of likely N-dealkylation sites (N-methyl/N-ethyl adjacent to an activating group) is 1. The first kappa shape index (κ1) is 18.0. The van der Waals surface area contributed by atoms with Gasteiger partial charge in [-0.25, -0.2) is 9.18 Å². The van der Waals surface area contributed by atoms with E-state index >= 15 is 0 Å². The van der Waals surface area contributed by atoms with Gasteiger partial charge >= 0.3 is 6.03 Å². The molecule has 1 aromatic rings. The largest absolute Gasteiger partial charge is 0.367 e. The topological polar surface area (TPSA) is 62.6 Å². The van der Waals surface area contributed by atoms with E-state index < -0.39 is 5.82 Å². The normalized spacial score (nSPS) is 16.4. The van der Waals surface area contributed by atoms with Gasteiger partial charge in [-0.3, -0.25) is 0 Å². The van der Waals surface area contributed by atoms with Gasteiger partial charge in [0.1, 0.15) is 5.82 Å². The van der Waals surface area contributed by atoms with Crippen LogP contribution in [-0.2, 0) is 0 Å². The van der Waals surface area contributed by atoms with E-state index in [-0.39, 0.29) is 18.5 Å². The summed E-state index contributed by atoms with van der Waals surface area (Å²) in [5.41, 5.74) is 1.28. The monoisotopic (exact) mass is 333 g/mol. The minimum absolute atomic E-state index is 0.212. The second-order valence-electron chi connectivity index (χ2n) is 6.20. The van der Waals surface area contributed by atoms with E-state index in [4.69, 9.17) is 5.26 Å². The maximum absolute atomic E-state index is 13.7. The lowest BCUT2D eigenvalue weighted by Gasteiger charge is -2.35. The lowest BCUT2D eigenvalue weighted by atomic mass is 10.2. The summed E-state index contributed by atoms with van der Waals surface area (Å²) < 4.78 is 13.7. The third-order valence-corrected chi connectivity index (χ3v) is 4.41. The number of nitrogens with one attached hydrogen (secondary N) is 1. The molecular weight excluding hydrogens is 309 g/mol. The lowest BCUT2D eigenvalue weighted by Crippen LogP contribution is -2.45. The number of rotatable bonds is 4. The summed E-state index contributed by atoms with van der Waals surface area (Å²) in [4.78, 5) is 18.2. The molecule has 0 bridgehead atoms. The minimum Gasteiger partial charge on any atom is -0.367 e. The van der Waals surface area contributed by atoms with Gasteiger partial charge in [-0.1, -0.05) is 0 Å². The van der Waals surface area contributed by atoms with Gasteiger partial charge in [0, 0.05) is 39.3 Å². The first-order valence-corrected chi connectivity index (χ1v) is 8.06. The Morgan fingerprint density at radius 3 is 2.71 bits per heavy atom. The Kier molecular flexibility index (Phi) is 5.99. The molecule has 0 radical (unpaired) electrons. The molecule has 1 heterocycles. The maximum atomic E-state index is 13.7. The van der Waals surface area contributed by atoms with Crippen LogP contribution in [0.15, 0.2) is 18.2 Å². The van der Waals surface area contributed by atoms with Crippen molar-refractivity contribution in [3.05, 3.63) is 24.0 Å². The average molecular weight is 333 g/mol. The molecule has 1 fully saturated rings. The Morgan fingerprint density at radius 2 is 2.08 bits per heavy atom. The summed E-state index contributed by atoms with van der Waals surface area (Å²) in [6.45, 7) is 5.29. The molecule has 24 heavy (non-hydrogen) atoms. The summed E-state index contributed by atoms with van der Waals surface area (Å²) >= 11 is 0. The number of hydrogen-bond donors (Lipinski definition) is 1. The van der Waals surface area contributed by atoms with Crippen LogP contribution in [0.3, 0.4) is 0 Å². The molecule has 7 heteroatoms. The summed E-state index contributed by atoms with van der Waals surface area (Å²) in [5, 5.41) is 11.5. The Labute approximate surface area is 142 Å². The highest BCUT2D eigenvalue weighted by molar-refractivity contribution is 5.93. The molecule has 0 saturated carbocycles. The van der Waals surface area contributed by atoms with Gasteiger partial charge in [-0.2, -0.15) is 5.26 Å². The fourth-order valence-corrected chi connectivity index (χ4v) is 2.60. The van der Waals surface area contributed by atoms with Crippen LogP contribution in [0.2, 0.25) is 0 Å². The number of anilines is 2. The van der Waals surface area contributed by atoms with Crippen molar-refractivity contribution in [1.29, 1.82) is 5.26 Å². The number of halogens is 1. The standard InChI is InChI=1S/C17H24FN5O/c1-13(6-7-19)22(3)17(24)20-15-12-14(18)4-5-16(15)23-10-8-21(2)9-11-23/h4-5,12-13H,6,8-11H2,1-3H3,(H,20,24). The van der Waals surface area contributed by atoms with Crippen molar-refractivity contribution < 1.29 is 9.18 Å². The van der Waals surface area contributed by atoms with Crippen molar-refractivity contribution in [2.75, 3.05) is 50.5 Å². The second-order valence-corrected chi connectivity index (χ2v) is 6.20. The molecule has 0 aliphatic carbocycles. The number of hydrogen-bond acceptors (Lipinski definition) is 4. The molecule has 2 amide bonds. The van der Waals surface area contributed by atoms with Gasteiger partial charge in [-0.15, -0.1) is 0 Å². The molecule has 0 spiro atoms. The summed E-state index contributed by atoms with van der Waals surface area (Å²) in [6.07, 6.45) is 0.248. The van der Waals surface area contributed by atoms with Crippen molar-refractivity contribution in [3.63, 3.8) is 0 Å². The molecular formula is C17H24FN5O. The first-order valence-electron chi connectivity index (χ1n) is 8.06. The Hall–Kier alpha value is -2.33. The number of nitriles is 1. The van der Waals surface area contributed by atoms with Gasteiger partial charge in [0.2, 0.25) is 0 Å². The van der Waals surface area contributed by atoms with E-state index in [0.29, 0.717) is 5.69 Å². The number of nitrogens with zero attached hydrogens (tertiary/aromatic N) is 4. The van der Waals surface area contributed by atoms with Crippen molar-refractivity contribution in [2.24, 2.45) is 0 Å². The highest BCUT2D eigenvalue weighted by Gasteiger charge is 2.21. The first-order chi connectivity index (χ1) is 11.4. The molecule has 1 N–H and O–H groups in total. The molecule has 1 atom stereocenters. The number of carbonyl (C=O) groups excluding carboxylic acids is 1. The second kappa shape index (κ2) is 7.97. The molecule has 1 unspecified atom stereocenters. The van der Waals surface area contributed by atoms with E-state index in [0.717, 1.165) is 31.9 Å². The molecule has 1 aliphatic heterocycles. The Morgan fingerprint density at radius 1 is 1.42 bits per heavy atom. The fourth-order valence-electron chi connectivity index (χ4n) is 2.60. The van der Waals surface area contributed by atoms with E-state index in [2.05, 4.69) is 22.2 Å². The third-order valence-electron chi connectivity index (χ3n) is 4.41. The van der Waals surface area contributed by atoms with Crippen molar-refractivity contribution in [3.8, 4) is 6.07 Å². The molecule has 130 valence electrons. The van der Waals surface area contributed by atoms with E-state index in [9.17, 15) is 9.18 Å². The zero-order chi connectivity index (χ0) is 17.7. The summed E-state index contributed by atoms with van der Waals surface area (Å²) in [6, 6.07) is 5.94. The van der Waals surface area contributed by atoms with Gasteiger partial charge in [0.25, 0.3) is 0 Å². The van der Waals surface area contributed by atoms with Crippen LogP contribution in [-0.4, -0.2) is 62.1 Å². The zero-order valence-corrected chi connectivity index (χ0v) is 14.4. The van der Waals surface area contributed by atoms with Crippen LogP contribution in [0.1, 0.15) is 13.3 Å². The van der Waals surface area contributed by atoms with Crippen LogP contribution in [0.25, 0.3) is 0 Å². The zero-order valence-electron chi connectivity index (χ0n) is 14.4. The molecule has 2 rings (SSSR count). The molecule has 1 aliphatic rings. The van der Waals surface area contributed by atoms with Crippen molar-refractivity contribution in [1.82, 2.24) is 9.80 Å². The van der Waals surface area contributed by atoms with Crippen molar-refractivity contribution >= 4 is 17.4 Å². The molecule has 1 saturated heterocycles. The molecule has 0 aromatic heterocycles. The number of amides is 2. The van der Waals surface area contributed by atoms with E-state index in [1.165, 1.54) is 17.0 Å². The van der Waals surface area contributed by atoms with Crippen LogP contribution in [0.5, 0.6) is 0 Å². The number of piperazine rings is 1. The van der Waals surface area contributed by atoms with Crippen molar-refractivity contribution in [2.45, 2.75) is 19.4 Å². The van der Waals surface area contributed by atoms with Crippen LogP contribution in [0.4, 0.5) is 20.6 Å². The lowest BCUT2D eigenvalue weighted by molar-refractivity contribution is 0.208. The van der Waals surface area contributed by atoms with E-state index in [1.54, 1.807) is 20.0 Å². The Bertz CT molecular complexity index is 622. The average Bonchev–Trinajstić information content (AvgIpc) is 2.55. The minimum atomic E-state index is -0.393. The quantitative estimate of drug-likeness (QED) is 0.919. The highest BCUT2D eigenvalue weighted by atomic mass is 19.1. The Balaban J connectivity index is 2.15. The van der Waals surface area contributed by atoms with Gasteiger partial charge in [0.15, 0.2) is 0 Å². The fraction of sp³-hybridized carbons (Fsp3) is 0.529. The predicted molar refractivity (Wildman–Crippen MR) is 92.6 cm³/mol. The van der Waals surface area contributed by atoms with Crippen LogP contribution in [0, 0.1) is 17.1 Å². The summed E-state index contributed by atoms with van der Waals surface area (Å²) in [7, 11) is 3.70. The number of benzene rings is 1. The number of carbonyl (C=O) groups is 1. The van der Waals surface area contributed by atoms with Gasteiger partial charge in [0.05, 0.1) is 23.9 Å². The van der Waals surface area contributed by atoms with Crippen LogP contribution < -0.4 is 10.2 Å². The van der Waals surface area contributed by atoms with E-state index in [1.807, 2.05) is 6.07 Å². The van der Waals surface area contributed by atoms with Gasteiger partial charge < -0.3 is 20.0 Å². The maximum Gasteiger partial charge on any atom is 0.321 e. The smallest absolute Gasteiger partial charge is 0.321 e. The molecule has 1 aromatic carbocycles. The third kappa shape index (κ3) is 4.36. The van der Waals surface area contributed by atoms with Crippen LogP contribution >= 0.6 is 0 Å². The SMILES string of the molecule is CC(CC#N)N(C)C(=O)Nc1cc(F)ccc1N1CCN(C)CC1. The number of urea groups is 1.